The summed E-state index contributed by atoms with van der Waals surface area (Å²) >= 11 is 0. The smallest absolute Gasteiger partial charge is 0.228 e. The minimum atomic E-state index is -0.0765. The Labute approximate surface area is 179 Å². The third kappa shape index (κ3) is 4.20. The van der Waals surface area contributed by atoms with E-state index in [1.165, 1.54) is 12.7 Å². The van der Waals surface area contributed by atoms with Gasteiger partial charge in [0.2, 0.25) is 5.91 Å². The highest BCUT2D eigenvalue weighted by atomic mass is 16.1. The van der Waals surface area contributed by atoms with Crippen molar-refractivity contribution in [3.05, 3.63) is 66.2 Å². The molecule has 31 heavy (non-hydrogen) atoms. The minimum absolute atomic E-state index is 0.0765. The maximum Gasteiger partial charge on any atom is 0.228 e. The van der Waals surface area contributed by atoms with Crippen LogP contribution in [0.2, 0.25) is 0 Å². The molecule has 9 nitrogen and oxygen atoms in total. The van der Waals surface area contributed by atoms with Crippen molar-refractivity contribution >= 4 is 11.6 Å². The first kappa shape index (κ1) is 19.1. The zero-order valence-corrected chi connectivity index (χ0v) is 17.0. The molecule has 0 bridgehead atoms. The summed E-state index contributed by atoms with van der Waals surface area (Å²) in [7, 11) is 0. The van der Waals surface area contributed by atoms with Crippen molar-refractivity contribution in [1.82, 2.24) is 35.0 Å². The number of fused-ring (bicyclic) bond motifs is 1. The number of carbonyl (C=O) groups excluding carboxylic acids is 1. The monoisotopic (exact) mass is 414 g/mol. The van der Waals surface area contributed by atoms with E-state index in [4.69, 9.17) is 0 Å². The van der Waals surface area contributed by atoms with Gasteiger partial charge in [0.15, 0.2) is 5.82 Å². The highest BCUT2D eigenvalue weighted by Crippen LogP contribution is 2.25. The molecule has 1 amide bonds. The van der Waals surface area contributed by atoms with Crippen LogP contribution in [-0.4, -0.2) is 40.9 Å². The van der Waals surface area contributed by atoms with Crippen LogP contribution in [0.4, 0.5) is 5.69 Å². The number of nitrogens with zero attached hydrogens (tertiary/aromatic N) is 7. The molecule has 2 aromatic carbocycles. The van der Waals surface area contributed by atoms with E-state index in [0.717, 1.165) is 60.0 Å². The molecule has 2 aromatic heterocycles. The van der Waals surface area contributed by atoms with E-state index in [0.29, 0.717) is 0 Å². The largest absolute Gasteiger partial charge is 0.326 e. The second-order valence-corrected chi connectivity index (χ2v) is 7.63. The van der Waals surface area contributed by atoms with Crippen molar-refractivity contribution in [2.24, 2.45) is 0 Å². The second-order valence-electron chi connectivity index (χ2n) is 7.63. The molecule has 4 aromatic rings. The highest BCUT2D eigenvalue weighted by Gasteiger charge is 2.16. The topological polar surface area (TPSA) is 103 Å². The Kier molecular flexibility index (Phi) is 5.22. The number of carbonyl (C=O) groups is 1. The molecule has 1 aliphatic rings. The van der Waals surface area contributed by atoms with Gasteiger partial charge in [-0.25, -0.2) is 4.68 Å². The molecule has 0 spiro atoms. The number of hydrogen-bond acceptors (Lipinski definition) is 6. The first-order chi connectivity index (χ1) is 15.3. The van der Waals surface area contributed by atoms with Crippen molar-refractivity contribution in [2.75, 3.05) is 5.32 Å². The maximum absolute atomic E-state index is 12.6. The molecule has 0 radical (unpaired) electrons. The standard InChI is InChI=1S/C22H22N8O/c31-21(13-16-8-10-19(11-9-16)30-15-23-27-28-30)24-18-6-4-5-17(14-18)22-26-25-20-7-2-1-3-12-29(20)22/h4-6,8-11,14-15H,1-3,7,12-13H2,(H,24,31). The van der Waals surface area contributed by atoms with E-state index < -0.39 is 0 Å². The van der Waals surface area contributed by atoms with Crippen molar-refractivity contribution in [2.45, 2.75) is 38.6 Å². The minimum Gasteiger partial charge on any atom is -0.326 e. The van der Waals surface area contributed by atoms with Gasteiger partial charge in [0.05, 0.1) is 12.1 Å². The number of amides is 1. The van der Waals surface area contributed by atoms with E-state index in [-0.39, 0.29) is 12.3 Å². The molecular weight excluding hydrogens is 392 g/mol. The highest BCUT2D eigenvalue weighted by molar-refractivity contribution is 5.92. The average Bonchev–Trinajstić information content (AvgIpc) is 3.40. The van der Waals surface area contributed by atoms with Gasteiger partial charge in [-0.15, -0.1) is 15.3 Å². The molecule has 0 unspecified atom stereocenters. The summed E-state index contributed by atoms with van der Waals surface area (Å²) in [5, 5.41) is 22.9. The Morgan fingerprint density at radius 2 is 1.94 bits per heavy atom. The summed E-state index contributed by atoms with van der Waals surface area (Å²) in [5.41, 5.74) is 3.46. The Bertz CT molecular complexity index is 1180. The molecule has 0 aliphatic carbocycles. The number of aromatic nitrogens is 7. The maximum atomic E-state index is 12.6. The molecule has 1 N–H and O–H groups in total. The molecule has 0 atom stereocenters. The van der Waals surface area contributed by atoms with Crippen molar-refractivity contribution in [1.29, 1.82) is 0 Å². The van der Waals surface area contributed by atoms with Crippen LogP contribution in [0.1, 0.15) is 30.7 Å². The van der Waals surface area contributed by atoms with Crippen molar-refractivity contribution < 1.29 is 4.79 Å². The van der Waals surface area contributed by atoms with Crippen LogP contribution in [0.15, 0.2) is 54.9 Å². The van der Waals surface area contributed by atoms with Crippen LogP contribution in [0.3, 0.4) is 0 Å². The van der Waals surface area contributed by atoms with Gasteiger partial charge >= 0.3 is 0 Å². The molecule has 0 saturated carbocycles. The summed E-state index contributed by atoms with van der Waals surface area (Å²) in [6.07, 6.45) is 6.29. The van der Waals surface area contributed by atoms with Crippen LogP contribution in [0, 0.1) is 0 Å². The van der Waals surface area contributed by atoms with Crippen LogP contribution in [0.25, 0.3) is 17.1 Å². The summed E-state index contributed by atoms with van der Waals surface area (Å²) in [6.45, 7) is 0.939. The van der Waals surface area contributed by atoms with Crippen LogP contribution < -0.4 is 5.32 Å². The average molecular weight is 414 g/mol. The summed E-state index contributed by atoms with van der Waals surface area (Å²) < 4.78 is 3.78. The lowest BCUT2D eigenvalue weighted by atomic mass is 10.1. The van der Waals surface area contributed by atoms with E-state index in [1.54, 1.807) is 4.68 Å². The lowest BCUT2D eigenvalue weighted by Gasteiger charge is -2.10. The zero-order valence-electron chi connectivity index (χ0n) is 17.0. The Balaban J connectivity index is 1.28. The van der Waals surface area contributed by atoms with Gasteiger partial charge in [-0.05, 0) is 53.1 Å². The van der Waals surface area contributed by atoms with Gasteiger partial charge in [0.1, 0.15) is 12.2 Å². The van der Waals surface area contributed by atoms with Crippen LogP contribution in [-0.2, 0) is 24.2 Å². The Hall–Kier alpha value is -3.88. The number of benzene rings is 2. The van der Waals surface area contributed by atoms with Crippen LogP contribution >= 0.6 is 0 Å². The molecule has 3 heterocycles. The Morgan fingerprint density at radius 3 is 2.77 bits per heavy atom. The predicted octanol–water partition coefficient (Wildman–Crippen LogP) is 2.83. The van der Waals surface area contributed by atoms with E-state index in [9.17, 15) is 4.79 Å². The molecule has 0 saturated heterocycles. The fraction of sp³-hybridized carbons (Fsp3) is 0.273. The van der Waals surface area contributed by atoms with E-state index in [2.05, 4.69) is 35.6 Å². The number of hydrogen-bond donors (Lipinski definition) is 1. The fourth-order valence-corrected chi connectivity index (χ4v) is 3.87. The van der Waals surface area contributed by atoms with Gasteiger partial charge in [-0.3, -0.25) is 4.79 Å². The lowest BCUT2D eigenvalue weighted by molar-refractivity contribution is -0.115. The predicted molar refractivity (Wildman–Crippen MR) is 115 cm³/mol. The summed E-state index contributed by atoms with van der Waals surface area (Å²) in [4.78, 5) is 12.6. The van der Waals surface area contributed by atoms with Crippen molar-refractivity contribution in [3.8, 4) is 17.1 Å². The van der Waals surface area contributed by atoms with Crippen LogP contribution in [0.5, 0.6) is 0 Å². The number of aryl methyl sites for hydroxylation is 1. The SMILES string of the molecule is O=C(Cc1ccc(-n2cnnn2)cc1)Nc1cccc(-c2nnc3n2CCCCC3)c1. The van der Waals surface area contributed by atoms with Gasteiger partial charge in [0.25, 0.3) is 0 Å². The molecule has 5 rings (SSSR count). The first-order valence-electron chi connectivity index (χ1n) is 10.4. The zero-order chi connectivity index (χ0) is 21.0. The third-order valence-corrected chi connectivity index (χ3v) is 5.43. The van der Waals surface area contributed by atoms with E-state index >= 15 is 0 Å². The van der Waals surface area contributed by atoms with Gasteiger partial charge in [0, 0.05) is 24.2 Å². The first-order valence-corrected chi connectivity index (χ1v) is 10.4. The number of rotatable bonds is 5. The number of nitrogens with one attached hydrogen (secondary N) is 1. The molecular formula is C22H22N8O. The van der Waals surface area contributed by atoms with Crippen molar-refractivity contribution in [3.63, 3.8) is 0 Å². The molecule has 9 heteroatoms. The molecule has 1 aliphatic heterocycles. The molecule has 0 fully saturated rings. The third-order valence-electron chi connectivity index (χ3n) is 5.43. The van der Waals surface area contributed by atoms with Gasteiger partial charge in [-0.1, -0.05) is 30.7 Å². The van der Waals surface area contributed by atoms with E-state index in [1.807, 2.05) is 48.5 Å². The normalized spacial score (nSPS) is 13.4. The molecule has 156 valence electrons. The van der Waals surface area contributed by atoms with Gasteiger partial charge in [-0.2, -0.15) is 0 Å². The number of tetrazole rings is 1. The summed E-state index contributed by atoms with van der Waals surface area (Å²) in [6, 6.07) is 15.4. The van der Waals surface area contributed by atoms with Gasteiger partial charge < -0.3 is 9.88 Å². The lowest BCUT2D eigenvalue weighted by Crippen LogP contribution is -2.14. The summed E-state index contributed by atoms with van der Waals surface area (Å²) in [5.74, 6) is 1.84. The quantitative estimate of drug-likeness (QED) is 0.539. The fourth-order valence-electron chi connectivity index (χ4n) is 3.87. The number of anilines is 1. The Morgan fingerprint density at radius 1 is 1.03 bits per heavy atom. The second kappa shape index (κ2) is 8.47.